The third kappa shape index (κ3) is 4.29. The first-order valence-electron chi connectivity index (χ1n) is 10.5. The predicted molar refractivity (Wildman–Crippen MR) is 125 cm³/mol. The van der Waals surface area contributed by atoms with Gasteiger partial charge in [-0.05, 0) is 31.8 Å². The van der Waals surface area contributed by atoms with Gasteiger partial charge in [-0.3, -0.25) is 9.89 Å². The number of rotatable bonds is 6. The molecule has 4 heterocycles. The lowest BCUT2D eigenvalue weighted by atomic mass is 10.0. The monoisotopic (exact) mass is 451 g/mol. The highest BCUT2D eigenvalue weighted by Crippen LogP contribution is 2.30. The molecule has 1 aromatic carbocycles. The Morgan fingerprint density at radius 2 is 2.28 bits per heavy atom. The molecule has 32 heavy (non-hydrogen) atoms. The van der Waals surface area contributed by atoms with Gasteiger partial charge in [0.15, 0.2) is 0 Å². The van der Waals surface area contributed by atoms with Gasteiger partial charge in [0.25, 0.3) is 0 Å². The zero-order valence-corrected chi connectivity index (χ0v) is 18.9. The van der Waals surface area contributed by atoms with E-state index in [1.54, 1.807) is 11.3 Å². The number of carbonyl (C=O) groups excluding carboxylic acids is 1. The molecule has 4 aromatic rings. The molecule has 0 aliphatic carbocycles. The van der Waals surface area contributed by atoms with Gasteiger partial charge in [-0.1, -0.05) is 12.1 Å². The number of benzene rings is 1. The van der Waals surface area contributed by atoms with E-state index in [1.807, 2.05) is 49.6 Å². The third-order valence-electron chi connectivity index (χ3n) is 5.44. The minimum Gasteiger partial charge on any atom is -0.370 e. The smallest absolute Gasteiger partial charge is 0.234 e. The second-order valence-corrected chi connectivity index (χ2v) is 9.30. The molecular formula is C22H25N7O2S. The molecule has 1 unspecified atom stereocenters. The Morgan fingerprint density at radius 3 is 3.16 bits per heavy atom. The number of hydrogen-bond donors (Lipinski definition) is 2. The van der Waals surface area contributed by atoms with Crippen molar-refractivity contribution in [3.05, 3.63) is 47.1 Å². The van der Waals surface area contributed by atoms with Crippen molar-refractivity contribution >= 4 is 44.3 Å². The Balaban J connectivity index is 1.32. The van der Waals surface area contributed by atoms with E-state index in [-0.39, 0.29) is 12.0 Å². The Hall–Kier alpha value is -3.08. The summed E-state index contributed by atoms with van der Waals surface area (Å²) in [6.45, 7) is 2.89. The summed E-state index contributed by atoms with van der Waals surface area (Å²) in [4.78, 5) is 26.4. The molecule has 5 rings (SSSR count). The number of fused-ring (bicyclic) bond motifs is 2. The van der Waals surface area contributed by atoms with Crippen molar-refractivity contribution in [2.75, 3.05) is 45.2 Å². The zero-order chi connectivity index (χ0) is 22.1. The molecule has 10 heteroatoms. The summed E-state index contributed by atoms with van der Waals surface area (Å²) in [5.41, 5.74) is 3.02. The zero-order valence-electron chi connectivity index (χ0n) is 18.0. The van der Waals surface area contributed by atoms with Gasteiger partial charge < -0.3 is 19.9 Å². The third-order valence-corrected chi connectivity index (χ3v) is 6.50. The Labute approximate surface area is 189 Å². The molecule has 1 aliphatic rings. The summed E-state index contributed by atoms with van der Waals surface area (Å²) >= 11 is 1.61. The number of ether oxygens (including phenoxy) is 1. The lowest BCUT2D eigenvalue weighted by Crippen LogP contribution is -2.39. The van der Waals surface area contributed by atoms with Gasteiger partial charge in [0, 0.05) is 16.8 Å². The fraction of sp³-hybridized carbons (Fsp3) is 0.364. The van der Waals surface area contributed by atoms with E-state index in [0.29, 0.717) is 32.2 Å². The molecule has 0 bridgehead atoms. The predicted octanol–water partition coefficient (Wildman–Crippen LogP) is 2.32. The van der Waals surface area contributed by atoms with Crippen LogP contribution in [0.3, 0.4) is 0 Å². The summed E-state index contributed by atoms with van der Waals surface area (Å²) in [6, 6.07) is 8.16. The normalized spacial score (nSPS) is 16.8. The van der Waals surface area contributed by atoms with Crippen molar-refractivity contribution in [2.24, 2.45) is 0 Å². The number of hydrogen-bond acceptors (Lipinski definition) is 8. The van der Waals surface area contributed by atoms with E-state index < -0.39 is 0 Å². The van der Waals surface area contributed by atoms with Crippen LogP contribution in [0.1, 0.15) is 16.5 Å². The second-order valence-electron chi connectivity index (χ2n) is 8.13. The van der Waals surface area contributed by atoms with Crippen molar-refractivity contribution in [2.45, 2.75) is 12.6 Å². The van der Waals surface area contributed by atoms with Gasteiger partial charge in [0.2, 0.25) is 11.9 Å². The minimum atomic E-state index is -0.0747. The molecule has 9 nitrogen and oxygen atoms in total. The first-order chi connectivity index (χ1) is 15.6. The first-order valence-corrected chi connectivity index (χ1v) is 11.3. The maximum atomic E-state index is 11.9. The topological polar surface area (TPSA) is 99.3 Å². The van der Waals surface area contributed by atoms with Crippen LogP contribution < -0.4 is 10.2 Å². The summed E-state index contributed by atoms with van der Waals surface area (Å²) < 4.78 is 7.10. The number of anilines is 1. The van der Waals surface area contributed by atoms with Crippen molar-refractivity contribution < 1.29 is 9.53 Å². The van der Waals surface area contributed by atoms with Crippen LogP contribution in [0.25, 0.3) is 21.1 Å². The van der Waals surface area contributed by atoms with E-state index in [9.17, 15) is 4.79 Å². The van der Waals surface area contributed by atoms with Gasteiger partial charge in [-0.25, -0.2) is 9.97 Å². The van der Waals surface area contributed by atoms with Gasteiger partial charge >= 0.3 is 0 Å². The van der Waals surface area contributed by atoms with Crippen molar-refractivity contribution in [1.29, 1.82) is 0 Å². The molecule has 1 aliphatic heterocycles. The van der Waals surface area contributed by atoms with Gasteiger partial charge in [-0.2, -0.15) is 5.10 Å². The first kappa shape index (κ1) is 20.8. The highest BCUT2D eigenvalue weighted by Gasteiger charge is 2.25. The Bertz CT molecular complexity index is 1250. The van der Waals surface area contributed by atoms with E-state index in [0.717, 1.165) is 38.1 Å². The molecular weight excluding hydrogens is 426 g/mol. The number of likely N-dealkylation sites (N-methyl/N-ethyl adjacent to an activating group) is 1. The van der Waals surface area contributed by atoms with E-state index in [1.165, 1.54) is 0 Å². The van der Waals surface area contributed by atoms with Crippen molar-refractivity contribution in [3.8, 4) is 0 Å². The SMILES string of the molecule is CN(C)CC(=O)NCc1cc2nc(N3CCOC(c4cccc5[nH]ncc45)C3)ncc2s1. The standard InChI is InChI=1S/C22H25N7O2S/c1-28(2)13-21(30)23-9-14-8-18-20(32-14)11-24-22(26-18)29-6-7-31-19(12-29)15-4-3-5-17-16(15)10-25-27-17/h3-5,8,10-11,19H,6-7,9,12-13H2,1-2H3,(H,23,30)(H,25,27). The summed E-state index contributed by atoms with van der Waals surface area (Å²) in [7, 11) is 3.75. The molecule has 1 saturated heterocycles. The molecule has 1 atom stereocenters. The average Bonchev–Trinajstić information content (AvgIpc) is 3.43. The number of aromatic amines is 1. The highest BCUT2D eigenvalue weighted by molar-refractivity contribution is 7.18. The number of amides is 1. The number of nitrogens with zero attached hydrogens (tertiary/aromatic N) is 5. The molecule has 0 spiro atoms. The van der Waals surface area contributed by atoms with Crippen LogP contribution >= 0.6 is 11.3 Å². The van der Waals surface area contributed by atoms with Crippen LogP contribution in [0.4, 0.5) is 5.95 Å². The number of thiophene rings is 1. The van der Waals surface area contributed by atoms with Gasteiger partial charge in [0.05, 0.1) is 54.4 Å². The molecule has 166 valence electrons. The fourth-order valence-electron chi connectivity index (χ4n) is 3.94. The Morgan fingerprint density at radius 1 is 1.38 bits per heavy atom. The number of nitrogens with one attached hydrogen (secondary N) is 2. The molecule has 0 radical (unpaired) electrons. The molecule has 1 fully saturated rings. The van der Waals surface area contributed by atoms with Gasteiger partial charge in [0.1, 0.15) is 6.10 Å². The summed E-state index contributed by atoms with van der Waals surface area (Å²) in [5.74, 6) is 0.706. The fourth-order valence-corrected chi connectivity index (χ4v) is 4.85. The second kappa shape index (κ2) is 8.81. The van der Waals surface area contributed by atoms with Crippen LogP contribution in [-0.4, -0.2) is 71.3 Å². The van der Waals surface area contributed by atoms with Crippen molar-refractivity contribution in [3.63, 3.8) is 0 Å². The average molecular weight is 452 g/mol. The van der Waals surface area contributed by atoms with Crippen LogP contribution in [0.15, 0.2) is 36.7 Å². The van der Waals surface area contributed by atoms with Crippen LogP contribution in [0.2, 0.25) is 0 Å². The lowest BCUT2D eigenvalue weighted by Gasteiger charge is -2.33. The molecule has 0 saturated carbocycles. The number of aromatic nitrogens is 4. The summed E-state index contributed by atoms with van der Waals surface area (Å²) in [6.07, 6.45) is 3.64. The highest BCUT2D eigenvalue weighted by atomic mass is 32.1. The van der Waals surface area contributed by atoms with Crippen LogP contribution in [-0.2, 0) is 16.1 Å². The number of H-pyrrole nitrogens is 1. The van der Waals surface area contributed by atoms with Crippen molar-refractivity contribution in [1.82, 2.24) is 30.4 Å². The van der Waals surface area contributed by atoms with Crippen LogP contribution in [0, 0.1) is 0 Å². The summed E-state index contributed by atoms with van der Waals surface area (Å²) in [5, 5.41) is 11.2. The largest absolute Gasteiger partial charge is 0.370 e. The molecule has 2 N–H and O–H groups in total. The molecule has 3 aromatic heterocycles. The molecule has 1 amide bonds. The quantitative estimate of drug-likeness (QED) is 0.464. The van der Waals surface area contributed by atoms with Crippen LogP contribution in [0.5, 0.6) is 0 Å². The Kier molecular flexibility index (Phi) is 5.73. The lowest BCUT2D eigenvalue weighted by molar-refractivity contribution is -0.121. The maximum absolute atomic E-state index is 11.9. The van der Waals surface area contributed by atoms with E-state index in [4.69, 9.17) is 9.72 Å². The maximum Gasteiger partial charge on any atom is 0.234 e. The van der Waals surface area contributed by atoms with Gasteiger partial charge in [-0.15, -0.1) is 11.3 Å². The van der Waals surface area contributed by atoms with E-state index >= 15 is 0 Å². The number of carbonyl (C=O) groups is 1. The minimum absolute atomic E-state index is 0.00577. The number of morpholine rings is 1. The van der Waals surface area contributed by atoms with E-state index in [2.05, 4.69) is 31.5 Å².